The van der Waals surface area contributed by atoms with Crippen molar-refractivity contribution in [1.82, 2.24) is 0 Å². The SMILES string of the molecule is OC[C@H]1C[C@@H](c2ccccc2)N(c2ccccc2)O1. The number of anilines is 1. The molecular formula is C16H17NO2. The molecule has 0 spiro atoms. The van der Waals surface area contributed by atoms with Crippen molar-refractivity contribution in [2.45, 2.75) is 18.6 Å². The molecule has 0 radical (unpaired) electrons. The molecule has 1 saturated heterocycles. The van der Waals surface area contributed by atoms with Gasteiger partial charge in [-0.2, -0.15) is 0 Å². The summed E-state index contributed by atoms with van der Waals surface area (Å²) in [5, 5.41) is 11.3. The Balaban J connectivity index is 1.92. The van der Waals surface area contributed by atoms with Gasteiger partial charge in [0.2, 0.25) is 0 Å². The molecule has 98 valence electrons. The summed E-state index contributed by atoms with van der Waals surface area (Å²) in [6.45, 7) is 0.0483. The third-order valence-electron chi connectivity index (χ3n) is 3.43. The average Bonchev–Trinajstić information content (AvgIpc) is 2.93. The van der Waals surface area contributed by atoms with Crippen LogP contribution in [0.5, 0.6) is 0 Å². The van der Waals surface area contributed by atoms with Gasteiger partial charge in [0.15, 0.2) is 0 Å². The zero-order chi connectivity index (χ0) is 13.1. The van der Waals surface area contributed by atoms with Crippen LogP contribution >= 0.6 is 0 Å². The number of aliphatic hydroxyl groups is 1. The van der Waals surface area contributed by atoms with E-state index >= 15 is 0 Å². The number of benzene rings is 2. The normalized spacial score (nSPS) is 22.7. The Hall–Kier alpha value is -1.84. The number of hydroxylamine groups is 1. The first-order valence-corrected chi connectivity index (χ1v) is 6.55. The van der Waals surface area contributed by atoms with Gasteiger partial charge in [0.05, 0.1) is 18.3 Å². The monoisotopic (exact) mass is 255 g/mol. The highest BCUT2D eigenvalue weighted by Gasteiger charge is 2.34. The molecule has 0 aromatic heterocycles. The Morgan fingerprint density at radius 2 is 1.63 bits per heavy atom. The molecule has 0 bridgehead atoms. The highest BCUT2D eigenvalue weighted by atomic mass is 16.7. The molecule has 1 aliphatic heterocycles. The van der Waals surface area contributed by atoms with Crippen molar-refractivity contribution in [3.8, 4) is 0 Å². The van der Waals surface area contributed by atoms with Gasteiger partial charge in [0, 0.05) is 6.42 Å². The van der Waals surface area contributed by atoms with Gasteiger partial charge in [-0.25, -0.2) is 5.06 Å². The predicted octanol–water partition coefficient (Wildman–Crippen LogP) is 2.93. The summed E-state index contributed by atoms with van der Waals surface area (Å²) in [7, 11) is 0. The summed E-state index contributed by atoms with van der Waals surface area (Å²) in [6, 6.07) is 20.4. The molecule has 1 N–H and O–H groups in total. The van der Waals surface area contributed by atoms with Gasteiger partial charge >= 0.3 is 0 Å². The predicted molar refractivity (Wildman–Crippen MR) is 74.7 cm³/mol. The van der Waals surface area contributed by atoms with Crippen LogP contribution in [0.3, 0.4) is 0 Å². The van der Waals surface area contributed by atoms with E-state index in [1.54, 1.807) is 0 Å². The molecule has 3 heteroatoms. The standard InChI is InChI=1S/C16H17NO2/c18-12-15-11-16(13-7-3-1-4-8-13)17(19-15)14-9-5-2-6-10-14/h1-10,15-16,18H,11-12H2/t15-,16+/m1/s1. The zero-order valence-electron chi connectivity index (χ0n) is 10.6. The summed E-state index contributed by atoms with van der Waals surface area (Å²) in [6.07, 6.45) is 0.667. The van der Waals surface area contributed by atoms with Crippen molar-refractivity contribution in [1.29, 1.82) is 0 Å². The van der Waals surface area contributed by atoms with Gasteiger partial charge in [0.25, 0.3) is 0 Å². The van der Waals surface area contributed by atoms with E-state index in [4.69, 9.17) is 4.84 Å². The van der Waals surface area contributed by atoms with Crippen molar-refractivity contribution in [3.05, 3.63) is 66.2 Å². The van der Waals surface area contributed by atoms with Gasteiger partial charge in [-0.05, 0) is 17.7 Å². The molecule has 1 heterocycles. The molecule has 0 unspecified atom stereocenters. The summed E-state index contributed by atoms with van der Waals surface area (Å²) in [5.74, 6) is 0. The summed E-state index contributed by atoms with van der Waals surface area (Å²) < 4.78 is 0. The molecule has 1 aliphatic rings. The van der Waals surface area contributed by atoms with Crippen LogP contribution < -0.4 is 5.06 Å². The second-order valence-corrected chi connectivity index (χ2v) is 4.73. The lowest BCUT2D eigenvalue weighted by Crippen LogP contribution is -2.22. The molecule has 2 aromatic carbocycles. The first kappa shape index (κ1) is 12.2. The molecule has 0 aliphatic carbocycles. The lowest BCUT2D eigenvalue weighted by Gasteiger charge is -2.25. The van der Waals surface area contributed by atoms with Crippen LogP contribution in [-0.4, -0.2) is 17.8 Å². The first-order valence-electron chi connectivity index (χ1n) is 6.55. The topological polar surface area (TPSA) is 32.7 Å². The largest absolute Gasteiger partial charge is 0.394 e. The minimum atomic E-state index is -0.134. The minimum Gasteiger partial charge on any atom is -0.394 e. The molecule has 2 atom stereocenters. The van der Waals surface area contributed by atoms with E-state index in [1.807, 2.05) is 53.6 Å². The molecule has 0 saturated carbocycles. The molecule has 1 fully saturated rings. The second kappa shape index (κ2) is 5.43. The average molecular weight is 255 g/mol. The molecular weight excluding hydrogens is 238 g/mol. The molecule has 0 amide bonds. The fourth-order valence-electron chi connectivity index (χ4n) is 2.49. The highest BCUT2D eigenvalue weighted by Crippen LogP contribution is 2.37. The van der Waals surface area contributed by atoms with E-state index in [1.165, 1.54) is 5.56 Å². The quantitative estimate of drug-likeness (QED) is 0.915. The number of aliphatic hydroxyl groups excluding tert-OH is 1. The van der Waals surface area contributed by atoms with Crippen molar-refractivity contribution < 1.29 is 9.94 Å². The van der Waals surface area contributed by atoms with Crippen molar-refractivity contribution in [2.24, 2.45) is 0 Å². The third kappa shape index (κ3) is 2.48. The van der Waals surface area contributed by atoms with E-state index in [0.29, 0.717) is 0 Å². The third-order valence-corrected chi connectivity index (χ3v) is 3.43. The van der Waals surface area contributed by atoms with Gasteiger partial charge in [0.1, 0.15) is 6.10 Å². The molecule has 3 nitrogen and oxygen atoms in total. The number of hydrogen-bond acceptors (Lipinski definition) is 3. The Morgan fingerprint density at radius 3 is 2.26 bits per heavy atom. The molecule has 2 aromatic rings. The zero-order valence-corrected chi connectivity index (χ0v) is 10.6. The van der Waals surface area contributed by atoms with Crippen LogP contribution in [0.1, 0.15) is 18.0 Å². The fourth-order valence-corrected chi connectivity index (χ4v) is 2.49. The van der Waals surface area contributed by atoms with Gasteiger partial charge in [-0.3, -0.25) is 4.84 Å². The van der Waals surface area contributed by atoms with Crippen LogP contribution in [0.15, 0.2) is 60.7 Å². The van der Waals surface area contributed by atoms with Crippen LogP contribution in [0.25, 0.3) is 0 Å². The molecule has 19 heavy (non-hydrogen) atoms. The van der Waals surface area contributed by atoms with Crippen molar-refractivity contribution >= 4 is 5.69 Å². The summed E-state index contributed by atoms with van der Waals surface area (Å²) >= 11 is 0. The minimum absolute atomic E-state index is 0.0483. The number of hydrogen-bond donors (Lipinski definition) is 1. The second-order valence-electron chi connectivity index (χ2n) is 4.73. The van der Waals surface area contributed by atoms with E-state index in [2.05, 4.69) is 12.1 Å². The maximum absolute atomic E-state index is 9.34. The van der Waals surface area contributed by atoms with Crippen LogP contribution in [0, 0.1) is 0 Å². The Bertz CT molecular complexity index is 467. The van der Waals surface area contributed by atoms with Gasteiger partial charge in [-0.15, -0.1) is 0 Å². The van der Waals surface area contributed by atoms with Crippen molar-refractivity contribution in [3.63, 3.8) is 0 Å². The fraction of sp³-hybridized carbons (Fsp3) is 0.250. The number of nitrogens with zero attached hydrogens (tertiary/aromatic N) is 1. The van der Waals surface area contributed by atoms with E-state index in [0.717, 1.165) is 12.1 Å². The lowest BCUT2D eigenvalue weighted by molar-refractivity contribution is 0.0406. The van der Waals surface area contributed by atoms with Crippen LogP contribution in [-0.2, 0) is 4.84 Å². The maximum atomic E-state index is 9.34. The summed E-state index contributed by atoms with van der Waals surface area (Å²) in [4.78, 5) is 5.85. The highest BCUT2D eigenvalue weighted by molar-refractivity contribution is 5.47. The number of para-hydroxylation sites is 1. The Kier molecular flexibility index (Phi) is 3.49. The summed E-state index contributed by atoms with van der Waals surface area (Å²) in [5.41, 5.74) is 2.23. The number of rotatable bonds is 3. The van der Waals surface area contributed by atoms with Gasteiger partial charge in [-0.1, -0.05) is 48.5 Å². The lowest BCUT2D eigenvalue weighted by atomic mass is 10.0. The van der Waals surface area contributed by atoms with Crippen molar-refractivity contribution in [2.75, 3.05) is 11.7 Å². The smallest absolute Gasteiger partial charge is 0.111 e. The van der Waals surface area contributed by atoms with E-state index in [-0.39, 0.29) is 18.8 Å². The maximum Gasteiger partial charge on any atom is 0.111 e. The van der Waals surface area contributed by atoms with Crippen LogP contribution in [0.2, 0.25) is 0 Å². The Morgan fingerprint density at radius 1 is 1.00 bits per heavy atom. The van der Waals surface area contributed by atoms with Crippen LogP contribution in [0.4, 0.5) is 5.69 Å². The van der Waals surface area contributed by atoms with E-state index < -0.39 is 0 Å². The van der Waals surface area contributed by atoms with Gasteiger partial charge < -0.3 is 5.11 Å². The van der Waals surface area contributed by atoms with E-state index in [9.17, 15) is 5.11 Å². The first-order chi connectivity index (χ1) is 9.38. The molecule has 3 rings (SSSR count). The Labute approximate surface area is 113 Å².